The maximum absolute atomic E-state index is 9.36. The van der Waals surface area contributed by atoms with Crippen molar-refractivity contribution in [3.63, 3.8) is 0 Å². The molecule has 0 amide bonds. The third-order valence-electron chi connectivity index (χ3n) is 3.51. The van der Waals surface area contributed by atoms with Crippen molar-refractivity contribution in [3.8, 4) is 5.75 Å². The first-order chi connectivity index (χ1) is 7.68. The molecule has 0 aromatic heterocycles. The normalized spacial score (nSPS) is 18.5. The van der Waals surface area contributed by atoms with E-state index in [1.165, 1.54) is 32.1 Å². The molecule has 4 heteroatoms. The molecule has 0 heterocycles. The van der Waals surface area contributed by atoms with Crippen LogP contribution in [0, 0.1) is 5.92 Å². The van der Waals surface area contributed by atoms with Crippen molar-refractivity contribution in [1.29, 1.82) is 0 Å². The summed E-state index contributed by atoms with van der Waals surface area (Å²) in [4.78, 5) is 0. The van der Waals surface area contributed by atoms with Crippen LogP contribution in [0.3, 0.4) is 0 Å². The Morgan fingerprint density at radius 2 is 1.88 bits per heavy atom. The van der Waals surface area contributed by atoms with Gasteiger partial charge in [-0.3, -0.25) is 0 Å². The van der Waals surface area contributed by atoms with Crippen LogP contribution in [0.15, 0.2) is 18.2 Å². The number of phenols is 1. The Morgan fingerprint density at radius 3 is 2.47 bits per heavy atom. The number of halogens is 2. The van der Waals surface area contributed by atoms with E-state index in [0.717, 1.165) is 5.56 Å². The number of rotatable bonds is 2. The average Bonchev–Trinajstić information content (AvgIpc) is 2.33. The summed E-state index contributed by atoms with van der Waals surface area (Å²) in [6.07, 6.45) is 6.31. The van der Waals surface area contributed by atoms with E-state index in [1.807, 2.05) is 6.07 Å². The highest BCUT2D eigenvalue weighted by Gasteiger charge is 2.22. The highest BCUT2D eigenvalue weighted by molar-refractivity contribution is 6.32. The van der Waals surface area contributed by atoms with E-state index in [4.69, 9.17) is 17.3 Å². The molecule has 1 aromatic carbocycles. The molecule has 0 saturated heterocycles. The quantitative estimate of drug-likeness (QED) is 0.856. The predicted molar refractivity (Wildman–Crippen MR) is 73.9 cm³/mol. The minimum absolute atomic E-state index is 0. The summed E-state index contributed by atoms with van der Waals surface area (Å²) in [6.45, 7) is 0. The summed E-state index contributed by atoms with van der Waals surface area (Å²) < 4.78 is 0. The minimum Gasteiger partial charge on any atom is -0.506 e. The molecule has 1 saturated carbocycles. The fraction of sp³-hybridized carbons (Fsp3) is 0.538. The topological polar surface area (TPSA) is 46.2 Å². The van der Waals surface area contributed by atoms with Gasteiger partial charge in [0.2, 0.25) is 0 Å². The third kappa shape index (κ3) is 3.51. The van der Waals surface area contributed by atoms with E-state index < -0.39 is 0 Å². The zero-order chi connectivity index (χ0) is 11.5. The second-order valence-electron chi connectivity index (χ2n) is 4.63. The lowest BCUT2D eigenvalue weighted by molar-refractivity contribution is 0.308. The van der Waals surface area contributed by atoms with E-state index in [2.05, 4.69) is 0 Å². The van der Waals surface area contributed by atoms with Crippen LogP contribution in [0.5, 0.6) is 5.75 Å². The number of nitrogens with two attached hydrogens (primary N) is 1. The molecule has 1 aliphatic rings. The van der Waals surface area contributed by atoms with Gasteiger partial charge in [-0.1, -0.05) is 36.9 Å². The average molecular weight is 276 g/mol. The van der Waals surface area contributed by atoms with Gasteiger partial charge in [-0.2, -0.15) is 0 Å². The Kier molecular flexibility index (Phi) is 5.57. The molecule has 0 unspecified atom stereocenters. The van der Waals surface area contributed by atoms with Gasteiger partial charge >= 0.3 is 0 Å². The number of aromatic hydroxyl groups is 1. The van der Waals surface area contributed by atoms with Gasteiger partial charge in [-0.25, -0.2) is 0 Å². The van der Waals surface area contributed by atoms with Crippen LogP contribution in [0.1, 0.15) is 43.7 Å². The zero-order valence-electron chi connectivity index (χ0n) is 9.73. The summed E-state index contributed by atoms with van der Waals surface area (Å²) in [6, 6.07) is 5.34. The monoisotopic (exact) mass is 275 g/mol. The first-order valence-corrected chi connectivity index (χ1v) is 6.30. The Labute approximate surface area is 114 Å². The standard InChI is InChI=1S/C13H18ClNO.ClH/c14-11-8-10(6-7-12(11)16)13(15)9-4-2-1-3-5-9;/h6-9,13,16H,1-5,15H2;1H/t13-;/m0./s1. The van der Waals surface area contributed by atoms with Gasteiger partial charge in [0.25, 0.3) is 0 Å². The maximum Gasteiger partial charge on any atom is 0.134 e. The zero-order valence-corrected chi connectivity index (χ0v) is 11.3. The van der Waals surface area contributed by atoms with Crippen LogP contribution in [0.25, 0.3) is 0 Å². The van der Waals surface area contributed by atoms with Crippen molar-refractivity contribution >= 4 is 24.0 Å². The van der Waals surface area contributed by atoms with Crippen LogP contribution in [-0.2, 0) is 0 Å². The Bertz CT molecular complexity index is 364. The lowest BCUT2D eigenvalue weighted by Gasteiger charge is -2.27. The number of hydrogen-bond acceptors (Lipinski definition) is 2. The van der Waals surface area contributed by atoms with Gasteiger partial charge in [-0.15, -0.1) is 12.4 Å². The Morgan fingerprint density at radius 1 is 1.24 bits per heavy atom. The Balaban J connectivity index is 0.00000144. The van der Waals surface area contributed by atoms with Crippen molar-refractivity contribution in [3.05, 3.63) is 28.8 Å². The van der Waals surface area contributed by atoms with Crippen molar-refractivity contribution in [2.45, 2.75) is 38.1 Å². The summed E-state index contributed by atoms with van der Waals surface area (Å²) in [5.74, 6) is 0.690. The molecule has 0 radical (unpaired) electrons. The molecule has 0 aliphatic heterocycles. The molecule has 1 fully saturated rings. The second-order valence-corrected chi connectivity index (χ2v) is 5.04. The fourth-order valence-electron chi connectivity index (χ4n) is 2.50. The molecular formula is C13H19Cl2NO. The number of phenolic OH excluding ortho intramolecular Hbond substituents is 1. The predicted octanol–water partition coefficient (Wildman–Crippen LogP) is 4.05. The SMILES string of the molecule is Cl.N[C@H](c1ccc(O)c(Cl)c1)C1CCCCC1. The lowest BCUT2D eigenvalue weighted by atomic mass is 9.81. The lowest BCUT2D eigenvalue weighted by Crippen LogP contribution is -2.23. The summed E-state index contributed by atoms with van der Waals surface area (Å²) in [7, 11) is 0. The van der Waals surface area contributed by atoms with Gasteiger partial charge in [0.05, 0.1) is 5.02 Å². The van der Waals surface area contributed by atoms with Crippen molar-refractivity contribution in [2.24, 2.45) is 11.7 Å². The molecule has 17 heavy (non-hydrogen) atoms. The smallest absolute Gasteiger partial charge is 0.134 e. The molecule has 0 bridgehead atoms. The molecular weight excluding hydrogens is 257 g/mol. The highest BCUT2D eigenvalue weighted by Crippen LogP contribution is 2.35. The third-order valence-corrected chi connectivity index (χ3v) is 3.82. The summed E-state index contributed by atoms with van der Waals surface area (Å²) >= 11 is 5.89. The van der Waals surface area contributed by atoms with Crippen LogP contribution < -0.4 is 5.73 Å². The molecule has 1 aromatic rings. The second kappa shape index (κ2) is 6.48. The first kappa shape index (κ1) is 14.6. The van der Waals surface area contributed by atoms with E-state index in [1.54, 1.807) is 12.1 Å². The summed E-state index contributed by atoms with van der Waals surface area (Å²) in [5.41, 5.74) is 7.29. The van der Waals surface area contributed by atoms with Crippen LogP contribution in [0.4, 0.5) is 0 Å². The molecule has 0 spiro atoms. The van der Waals surface area contributed by atoms with E-state index in [9.17, 15) is 5.11 Å². The molecule has 2 nitrogen and oxygen atoms in total. The Hall–Kier alpha value is -0.440. The van der Waals surface area contributed by atoms with Gasteiger partial charge in [0, 0.05) is 6.04 Å². The van der Waals surface area contributed by atoms with Crippen LogP contribution in [-0.4, -0.2) is 5.11 Å². The number of hydrogen-bond donors (Lipinski definition) is 2. The number of benzene rings is 1. The van der Waals surface area contributed by atoms with Crippen molar-refractivity contribution in [1.82, 2.24) is 0 Å². The molecule has 96 valence electrons. The maximum atomic E-state index is 9.36. The highest BCUT2D eigenvalue weighted by atomic mass is 35.5. The largest absolute Gasteiger partial charge is 0.506 e. The van der Waals surface area contributed by atoms with Gasteiger partial charge in [-0.05, 0) is 36.5 Å². The van der Waals surface area contributed by atoms with Crippen molar-refractivity contribution < 1.29 is 5.11 Å². The fourth-order valence-corrected chi connectivity index (χ4v) is 2.68. The first-order valence-electron chi connectivity index (χ1n) is 5.92. The van der Waals surface area contributed by atoms with Crippen LogP contribution in [0.2, 0.25) is 5.02 Å². The van der Waals surface area contributed by atoms with Crippen molar-refractivity contribution in [2.75, 3.05) is 0 Å². The molecule has 3 N–H and O–H groups in total. The summed E-state index contributed by atoms with van der Waals surface area (Å²) in [5, 5.41) is 9.76. The van der Waals surface area contributed by atoms with Gasteiger partial charge in [0.1, 0.15) is 5.75 Å². The van der Waals surface area contributed by atoms with E-state index in [0.29, 0.717) is 10.9 Å². The van der Waals surface area contributed by atoms with Gasteiger partial charge in [0.15, 0.2) is 0 Å². The molecule has 2 rings (SSSR count). The van der Waals surface area contributed by atoms with E-state index >= 15 is 0 Å². The van der Waals surface area contributed by atoms with Gasteiger partial charge < -0.3 is 10.8 Å². The molecule has 1 atom stereocenters. The van der Waals surface area contributed by atoms with Crippen LogP contribution >= 0.6 is 24.0 Å². The van der Waals surface area contributed by atoms with E-state index in [-0.39, 0.29) is 24.2 Å². The minimum atomic E-state index is 0. The molecule has 1 aliphatic carbocycles.